The van der Waals surface area contributed by atoms with Crippen molar-refractivity contribution in [2.24, 2.45) is 0 Å². The maximum absolute atomic E-state index is 10.8. The molecule has 0 spiro atoms. The van der Waals surface area contributed by atoms with Crippen LogP contribution in [0.25, 0.3) is 0 Å². The van der Waals surface area contributed by atoms with Crippen LogP contribution >= 0.6 is 0 Å². The summed E-state index contributed by atoms with van der Waals surface area (Å²) in [4.78, 5) is 10.8. The van der Waals surface area contributed by atoms with Gasteiger partial charge in [0.2, 0.25) is 0 Å². The number of rotatable bonds is 4. The molecule has 0 saturated heterocycles. The zero-order valence-electron chi connectivity index (χ0n) is 8.41. The van der Waals surface area contributed by atoms with E-state index in [0.717, 1.165) is 18.4 Å². The highest BCUT2D eigenvalue weighted by atomic mass is 16.5. The summed E-state index contributed by atoms with van der Waals surface area (Å²) in [5.74, 6) is -0.311. The largest absolute Gasteiger partial charge is 0.497 e. The van der Waals surface area contributed by atoms with Crippen LogP contribution in [0.5, 0.6) is 5.75 Å². The van der Waals surface area contributed by atoms with E-state index in [1.807, 2.05) is 6.07 Å². The zero-order valence-corrected chi connectivity index (χ0v) is 8.41. The maximum atomic E-state index is 10.8. The number of carboxylic acid groups (broad SMARTS) is 1. The number of carbonyl (C=O) groups is 1. The molecule has 0 aliphatic carbocycles. The van der Waals surface area contributed by atoms with Crippen molar-refractivity contribution < 1.29 is 14.6 Å². The van der Waals surface area contributed by atoms with Crippen LogP contribution in [0, 0.1) is 0 Å². The third kappa shape index (κ3) is 2.49. The van der Waals surface area contributed by atoms with Crippen molar-refractivity contribution in [3.63, 3.8) is 0 Å². The lowest BCUT2D eigenvalue weighted by Gasteiger charge is -2.05. The SMILES string of the molecule is CCCc1cc(OC)cc(C(=O)O)c1. The summed E-state index contributed by atoms with van der Waals surface area (Å²) >= 11 is 0. The molecule has 0 amide bonds. The molecule has 0 aliphatic rings. The third-order valence-corrected chi connectivity index (χ3v) is 1.99. The fourth-order valence-corrected chi connectivity index (χ4v) is 1.34. The summed E-state index contributed by atoms with van der Waals surface area (Å²) in [5.41, 5.74) is 1.29. The Morgan fingerprint density at radius 3 is 2.64 bits per heavy atom. The first-order valence-corrected chi connectivity index (χ1v) is 4.58. The van der Waals surface area contributed by atoms with E-state index in [-0.39, 0.29) is 5.56 Å². The van der Waals surface area contributed by atoms with Crippen LogP contribution in [0.4, 0.5) is 0 Å². The second-order valence-corrected chi connectivity index (χ2v) is 3.12. The summed E-state index contributed by atoms with van der Waals surface area (Å²) in [6.07, 6.45) is 1.86. The molecule has 14 heavy (non-hydrogen) atoms. The van der Waals surface area contributed by atoms with E-state index >= 15 is 0 Å². The molecule has 0 bridgehead atoms. The first-order chi connectivity index (χ1) is 6.67. The number of hydrogen-bond acceptors (Lipinski definition) is 2. The smallest absolute Gasteiger partial charge is 0.335 e. The van der Waals surface area contributed by atoms with Crippen LogP contribution in [-0.4, -0.2) is 18.2 Å². The van der Waals surface area contributed by atoms with Gasteiger partial charge in [-0.25, -0.2) is 4.79 Å². The van der Waals surface area contributed by atoms with E-state index in [9.17, 15) is 4.79 Å². The normalized spacial score (nSPS) is 9.86. The number of benzene rings is 1. The van der Waals surface area contributed by atoms with Gasteiger partial charge in [-0.15, -0.1) is 0 Å². The fraction of sp³-hybridized carbons (Fsp3) is 0.364. The predicted molar refractivity (Wildman–Crippen MR) is 53.9 cm³/mol. The Morgan fingerprint density at radius 1 is 1.43 bits per heavy atom. The second kappa shape index (κ2) is 4.65. The minimum absolute atomic E-state index is 0.285. The molecule has 0 atom stereocenters. The Morgan fingerprint density at radius 2 is 2.14 bits per heavy atom. The molecule has 0 fully saturated rings. The van der Waals surface area contributed by atoms with Crippen molar-refractivity contribution in [2.75, 3.05) is 7.11 Å². The van der Waals surface area contributed by atoms with Crippen molar-refractivity contribution in [1.82, 2.24) is 0 Å². The lowest BCUT2D eigenvalue weighted by atomic mass is 10.1. The van der Waals surface area contributed by atoms with Crippen LogP contribution in [0.2, 0.25) is 0 Å². The number of aryl methyl sites for hydroxylation is 1. The van der Waals surface area contributed by atoms with Gasteiger partial charge in [-0.05, 0) is 30.2 Å². The number of methoxy groups -OCH3 is 1. The van der Waals surface area contributed by atoms with Gasteiger partial charge < -0.3 is 9.84 Å². The molecule has 0 saturated carbocycles. The summed E-state index contributed by atoms with van der Waals surface area (Å²) in [7, 11) is 1.54. The summed E-state index contributed by atoms with van der Waals surface area (Å²) < 4.78 is 5.03. The van der Waals surface area contributed by atoms with E-state index < -0.39 is 5.97 Å². The second-order valence-electron chi connectivity index (χ2n) is 3.12. The minimum Gasteiger partial charge on any atom is -0.497 e. The molecule has 3 nitrogen and oxygen atoms in total. The van der Waals surface area contributed by atoms with Crippen LogP contribution < -0.4 is 4.74 Å². The van der Waals surface area contributed by atoms with Gasteiger partial charge in [0.05, 0.1) is 12.7 Å². The molecule has 0 heterocycles. The number of carboxylic acids is 1. The van der Waals surface area contributed by atoms with Gasteiger partial charge >= 0.3 is 5.97 Å². The van der Waals surface area contributed by atoms with Crippen molar-refractivity contribution in [1.29, 1.82) is 0 Å². The molecule has 0 unspecified atom stereocenters. The van der Waals surface area contributed by atoms with Gasteiger partial charge in [0.15, 0.2) is 0 Å². The Kier molecular flexibility index (Phi) is 3.51. The minimum atomic E-state index is -0.916. The summed E-state index contributed by atoms with van der Waals surface area (Å²) in [6.45, 7) is 2.06. The first-order valence-electron chi connectivity index (χ1n) is 4.58. The maximum Gasteiger partial charge on any atom is 0.335 e. The van der Waals surface area contributed by atoms with E-state index in [2.05, 4.69) is 6.92 Å². The van der Waals surface area contributed by atoms with Gasteiger partial charge in [0, 0.05) is 0 Å². The molecule has 1 aromatic carbocycles. The highest BCUT2D eigenvalue weighted by molar-refractivity contribution is 5.88. The quantitative estimate of drug-likeness (QED) is 0.800. The summed E-state index contributed by atoms with van der Waals surface area (Å²) in [6, 6.07) is 5.09. The Bertz CT molecular complexity index is 331. The van der Waals surface area contributed by atoms with E-state index in [1.165, 1.54) is 13.2 Å². The highest BCUT2D eigenvalue weighted by Crippen LogP contribution is 2.18. The van der Waals surface area contributed by atoms with Gasteiger partial charge in [0.25, 0.3) is 0 Å². The molecule has 1 aromatic rings. The Hall–Kier alpha value is -1.51. The lowest BCUT2D eigenvalue weighted by Crippen LogP contribution is -1.99. The molecule has 3 heteroatoms. The van der Waals surface area contributed by atoms with Crippen LogP contribution in [0.15, 0.2) is 18.2 Å². The standard InChI is InChI=1S/C11H14O3/c1-3-4-8-5-9(11(12)13)7-10(6-8)14-2/h5-7H,3-4H2,1-2H3,(H,12,13). The molecule has 0 aromatic heterocycles. The fourth-order valence-electron chi connectivity index (χ4n) is 1.34. The van der Waals surface area contributed by atoms with Crippen molar-refractivity contribution in [2.45, 2.75) is 19.8 Å². The van der Waals surface area contributed by atoms with Crippen LogP contribution in [-0.2, 0) is 6.42 Å². The number of ether oxygens (including phenoxy) is 1. The lowest BCUT2D eigenvalue weighted by molar-refractivity contribution is 0.0696. The monoisotopic (exact) mass is 194 g/mol. The topological polar surface area (TPSA) is 46.5 Å². The third-order valence-electron chi connectivity index (χ3n) is 1.99. The van der Waals surface area contributed by atoms with Crippen molar-refractivity contribution in [3.05, 3.63) is 29.3 Å². The van der Waals surface area contributed by atoms with Gasteiger partial charge in [-0.2, -0.15) is 0 Å². The molecule has 0 radical (unpaired) electrons. The molecule has 1 rings (SSSR count). The van der Waals surface area contributed by atoms with E-state index in [4.69, 9.17) is 9.84 Å². The predicted octanol–water partition coefficient (Wildman–Crippen LogP) is 2.35. The van der Waals surface area contributed by atoms with Gasteiger partial charge in [0.1, 0.15) is 5.75 Å². The van der Waals surface area contributed by atoms with E-state index in [0.29, 0.717) is 5.75 Å². The highest BCUT2D eigenvalue weighted by Gasteiger charge is 2.06. The number of hydrogen-bond donors (Lipinski definition) is 1. The Balaban J connectivity index is 3.06. The van der Waals surface area contributed by atoms with Gasteiger partial charge in [-0.1, -0.05) is 13.3 Å². The van der Waals surface area contributed by atoms with Crippen LogP contribution in [0.1, 0.15) is 29.3 Å². The Labute approximate surface area is 83.3 Å². The summed E-state index contributed by atoms with van der Waals surface area (Å²) in [5, 5.41) is 8.84. The van der Waals surface area contributed by atoms with Crippen LogP contribution in [0.3, 0.4) is 0 Å². The van der Waals surface area contributed by atoms with E-state index in [1.54, 1.807) is 6.07 Å². The van der Waals surface area contributed by atoms with Crippen molar-refractivity contribution >= 4 is 5.97 Å². The average Bonchev–Trinajstić information content (AvgIpc) is 2.17. The first kappa shape index (κ1) is 10.6. The molecular formula is C11H14O3. The molecule has 0 aliphatic heterocycles. The zero-order chi connectivity index (χ0) is 10.6. The van der Waals surface area contributed by atoms with Crippen molar-refractivity contribution in [3.8, 4) is 5.75 Å². The molecule has 76 valence electrons. The number of aromatic carboxylic acids is 1. The average molecular weight is 194 g/mol. The van der Waals surface area contributed by atoms with Gasteiger partial charge in [-0.3, -0.25) is 0 Å². The molecule has 1 N–H and O–H groups in total. The molecular weight excluding hydrogens is 180 g/mol.